The summed E-state index contributed by atoms with van der Waals surface area (Å²) in [5, 5.41) is 10.3. The van der Waals surface area contributed by atoms with Crippen LogP contribution in [0.2, 0.25) is 0 Å². The van der Waals surface area contributed by atoms with E-state index >= 15 is 0 Å². The van der Waals surface area contributed by atoms with Crippen LogP contribution in [-0.2, 0) is 6.42 Å². The molecule has 4 rings (SSSR count). The van der Waals surface area contributed by atoms with Crippen molar-refractivity contribution in [3.05, 3.63) is 54.6 Å². The number of pyridine rings is 1. The van der Waals surface area contributed by atoms with Crippen LogP contribution in [0, 0.1) is 5.92 Å². The Morgan fingerprint density at radius 1 is 1.31 bits per heavy atom. The first-order chi connectivity index (χ1) is 14.2. The van der Waals surface area contributed by atoms with E-state index in [0.29, 0.717) is 36.3 Å². The fourth-order valence-electron chi connectivity index (χ4n) is 3.51. The van der Waals surface area contributed by atoms with E-state index in [1.54, 1.807) is 12.4 Å². The fraction of sp³-hybridized carbons (Fsp3) is 0.333. The van der Waals surface area contributed by atoms with Gasteiger partial charge in [-0.15, -0.1) is 0 Å². The van der Waals surface area contributed by atoms with Crippen LogP contribution in [0.4, 0.5) is 10.5 Å². The molecule has 29 heavy (non-hydrogen) atoms. The molecule has 0 saturated carbocycles. The minimum absolute atomic E-state index is 0.103. The molecule has 8 nitrogen and oxygen atoms in total. The number of benzene rings is 1. The van der Waals surface area contributed by atoms with Crippen molar-refractivity contribution in [1.29, 1.82) is 0 Å². The summed E-state index contributed by atoms with van der Waals surface area (Å²) in [6, 6.07) is 11.2. The Kier molecular flexibility index (Phi) is 5.69. The van der Waals surface area contributed by atoms with E-state index in [4.69, 9.17) is 4.74 Å². The number of hydrogen-bond acceptors (Lipinski definition) is 5. The lowest BCUT2D eigenvalue weighted by Crippen LogP contribution is -2.33. The van der Waals surface area contributed by atoms with Crippen molar-refractivity contribution in [2.75, 3.05) is 25.0 Å². The SMILES string of the molecule is CCOc1ccccc1NC(=O)N1CCC(Cc2nc(-c3cccnc3)n[nH]2)C1. The number of para-hydroxylation sites is 2. The van der Waals surface area contributed by atoms with Gasteiger partial charge in [0, 0.05) is 37.5 Å². The average Bonchev–Trinajstić information content (AvgIpc) is 3.41. The third kappa shape index (κ3) is 4.53. The third-order valence-electron chi connectivity index (χ3n) is 4.94. The summed E-state index contributed by atoms with van der Waals surface area (Å²) >= 11 is 0. The molecule has 1 aliphatic rings. The number of aromatic nitrogens is 4. The molecule has 1 aliphatic heterocycles. The molecule has 0 spiro atoms. The van der Waals surface area contributed by atoms with E-state index in [2.05, 4.69) is 25.5 Å². The molecule has 150 valence electrons. The van der Waals surface area contributed by atoms with Crippen molar-refractivity contribution in [3.8, 4) is 17.1 Å². The Bertz CT molecular complexity index is 959. The van der Waals surface area contributed by atoms with Gasteiger partial charge < -0.3 is 15.0 Å². The minimum Gasteiger partial charge on any atom is -0.492 e. The molecule has 0 aliphatic carbocycles. The van der Waals surface area contributed by atoms with Gasteiger partial charge in [0.05, 0.1) is 12.3 Å². The molecule has 2 amide bonds. The summed E-state index contributed by atoms with van der Waals surface area (Å²) in [6.45, 7) is 3.88. The monoisotopic (exact) mass is 392 g/mol. The van der Waals surface area contributed by atoms with Crippen LogP contribution in [0.15, 0.2) is 48.8 Å². The van der Waals surface area contributed by atoms with Gasteiger partial charge in [0.15, 0.2) is 5.82 Å². The Labute approximate surface area is 169 Å². The highest BCUT2D eigenvalue weighted by atomic mass is 16.5. The van der Waals surface area contributed by atoms with Crippen LogP contribution in [-0.4, -0.2) is 50.8 Å². The van der Waals surface area contributed by atoms with Crippen LogP contribution in [0.25, 0.3) is 11.4 Å². The number of amides is 2. The summed E-state index contributed by atoms with van der Waals surface area (Å²) in [5.74, 6) is 2.51. The molecular formula is C21H24N6O2. The number of H-pyrrole nitrogens is 1. The number of anilines is 1. The molecule has 1 saturated heterocycles. The summed E-state index contributed by atoms with van der Waals surface area (Å²) in [5.41, 5.74) is 1.58. The van der Waals surface area contributed by atoms with Gasteiger partial charge in [0.25, 0.3) is 0 Å². The standard InChI is InChI=1S/C21H24N6O2/c1-2-29-18-8-4-3-7-17(18)23-21(28)27-11-9-15(14-27)12-19-24-20(26-25-19)16-6-5-10-22-13-16/h3-8,10,13,15H,2,9,11-12,14H2,1H3,(H,23,28)(H,24,25,26). The zero-order valence-electron chi connectivity index (χ0n) is 16.3. The van der Waals surface area contributed by atoms with Crippen LogP contribution >= 0.6 is 0 Å². The number of carbonyl (C=O) groups excluding carboxylic acids is 1. The first-order valence-corrected chi connectivity index (χ1v) is 9.82. The number of rotatable bonds is 6. The fourth-order valence-corrected chi connectivity index (χ4v) is 3.51. The average molecular weight is 392 g/mol. The number of carbonyl (C=O) groups is 1. The van der Waals surface area contributed by atoms with Gasteiger partial charge in [-0.05, 0) is 43.5 Å². The second-order valence-corrected chi connectivity index (χ2v) is 7.01. The van der Waals surface area contributed by atoms with Gasteiger partial charge in [-0.3, -0.25) is 10.1 Å². The second kappa shape index (κ2) is 8.72. The molecular weight excluding hydrogens is 368 g/mol. The smallest absolute Gasteiger partial charge is 0.321 e. The second-order valence-electron chi connectivity index (χ2n) is 7.01. The van der Waals surface area contributed by atoms with E-state index in [0.717, 1.165) is 30.8 Å². The zero-order valence-corrected chi connectivity index (χ0v) is 16.3. The summed E-state index contributed by atoms with van der Waals surface area (Å²) in [4.78, 5) is 23.2. The number of likely N-dealkylation sites (tertiary alicyclic amines) is 1. The van der Waals surface area contributed by atoms with Crippen LogP contribution in [0.3, 0.4) is 0 Å². The van der Waals surface area contributed by atoms with E-state index in [-0.39, 0.29) is 6.03 Å². The van der Waals surface area contributed by atoms with Crippen LogP contribution in [0.5, 0.6) is 5.75 Å². The largest absolute Gasteiger partial charge is 0.492 e. The van der Waals surface area contributed by atoms with Gasteiger partial charge >= 0.3 is 6.03 Å². The molecule has 1 aromatic carbocycles. The van der Waals surface area contributed by atoms with E-state index in [1.165, 1.54) is 0 Å². The highest BCUT2D eigenvalue weighted by Crippen LogP contribution is 2.26. The molecule has 8 heteroatoms. The van der Waals surface area contributed by atoms with E-state index in [1.807, 2.05) is 48.2 Å². The van der Waals surface area contributed by atoms with Crippen molar-refractivity contribution in [2.24, 2.45) is 5.92 Å². The van der Waals surface area contributed by atoms with Gasteiger partial charge in [0.2, 0.25) is 0 Å². The normalized spacial score (nSPS) is 16.0. The summed E-state index contributed by atoms with van der Waals surface area (Å²) in [6.07, 6.45) is 5.16. The van der Waals surface area contributed by atoms with Gasteiger partial charge in [-0.2, -0.15) is 5.10 Å². The number of ether oxygens (including phenoxy) is 1. The Balaban J connectivity index is 1.34. The molecule has 0 bridgehead atoms. The van der Waals surface area contributed by atoms with Crippen molar-refractivity contribution >= 4 is 11.7 Å². The maximum absolute atomic E-state index is 12.7. The molecule has 1 unspecified atom stereocenters. The zero-order chi connectivity index (χ0) is 20.1. The number of nitrogens with zero attached hydrogens (tertiary/aromatic N) is 4. The van der Waals surface area contributed by atoms with Gasteiger partial charge in [0.1, 0.15) is 11.6 Å². The lowest BCUT2D eigenvalue weighted by atomic mass is 10.1. The molecule has 2 N–H and O–H groups in total. The third-order valence-corrected chi connectivity index (χ3v) is 4.94. The molecule has 0 radical (unpaired) electrons. The lowest BCUT2D eigenvalue weighted by Gasteiger charge is -2.18. The number of nitrogens with one attached hydrogen (secondary N) is 2. The maximum Gasteiger partial charge on any atom is 0.321 e. The summed E-state index contributed by atoms with van der Waals surface area (Å²) < 4.78 is 5.58. The van der Waals surface area contributed by atoms with E-state index < -0.39 is 0 Å². The first kappa shape index (κ1) is 18.9. The quantitative estimate of drug-likeness (QED) is 0.671. The predicted octanol–water partition coefficient (Wildman–Crippen LogP) is 3.36. The molecule has 3 aromatic rings. The van der Waals surface area contributed by atoms with Crippen molar-refractivity contribution in [1.82, 2.24) is 25.1 Å². The highest BCUT2D eigenvalue weighted by Gasteiger charge is 2.27. The Hall–Kier alpha value is -3.42. The Morgan fingerprint density at radius 3 is 3.03 bits per heavy atom. The summed E-state index contributed by atoms with van der Waals surface area (Å²) in [7, 11) is 0. The molecule has 1 fully saturated rings. The number of urea groups is 1. The Morgan fingerprint density at radius 2 is 2.21 bits per heavy atom. The van der Waals surface area contributed by atoms with Crippen molar-refractivity contribution < 1.29 is 9.53 Å². The van der Waals surface area contributed by atoms with Gasteiger partial charge in [-0.25, -0.2) is 9.78 Å². The highest BCUT2D eigenvalue weighted by molar-refractivity contribution is 5.91. The molecule has 3 heterocycles. The topological polar surface area (TPSA) is 96.0 Å². The van der Waals surface area contributed by atoms with Gasteiger partial charge in [-0.1, -0.05) is 12.1 Å². The number of hydrogen-bond donors (Lipinski definition) is 2. The van der Waals surface area contributed by atoms with Crippen molar-refractivity contribution in [2.45, 2.75) is 19.8 Å². The predicted molar refractivity (Wildman–Crippen MR) is 110 cm³/mol. The number of aromatic amines is 1. The van der Waals surface area contributed by atoms with Crippen LogP contribution < -0.4 is 10.1 Å². The minimum atomic E-state index is -0.103. The van der Waals surface area contributed by atoms with Crippen LogP contribution in [0.1, 0.15) is 19.2 Å². The van der Waals surface area contributed by atoms with E-state index in [9.17, 15) is 4.79 Å². The molecule has 2 aromatic heterocycles. The lowest BCUT2D eigenvalue weighted by molar-refractivity contribution is 0.220. The van der Waals surface area contributed by atoms with Crippen molar-refractivity contribution in [3.63, 3.8) is 0 Å². The maximum atomic E-state index is 12.7. The first-order valence-electron chi connectivity index (χ1n) is 9.82. The molecule has 1 atom stereocenters.